The van der Waals surface area contributed by atoms with E-state index in [0.29, 0.717) is 16.4 Å². The van der Waals surface area contributed by atoms with Gasteiger partial charge in [-0.15, -0.1) is 0 Å². The van der Waals surface area contributed by atoms with Crippen molar-refractivity contribution in [3.05, 3.63) is 59.6 Å². The number of aromatic nitrogens is 3. The predicted molar refractivity (Wildman–Crippen MR) is 100 cm³/mol. The van der Waals surface area contributed by atoms with Crippen molar-refractivity contribution in [2.24, 2.45) is 0 Å². The van der Waals surface area contributed by atoms with Crippen LogP contribution < -0.4 is 5.32 Å². The number of nitrogens with one attached hydrogen (secondary N) is 2. The molecule has 0 bridgehead atoms. The van der Waals surface area contributed by atoms with Gasteiger partial charge in [-0.3, -0.25) is 14.3 Å². The number of halogens is 1. The van der Waals surface area contributed by atoms with E-state index in [1.165, 1.54) is 15.8 Å². The third-order valence-corrected chi connectivity index (χ3v) is 4.04. The summed E-state index contributed by atoms with van der Waals surface area (Å²) < 4.78 is 1.48. The van der Waals surface area contributed by atoms with Gasteiger partial charge in [0.2, 0.25) is 5.91 Å². The Morgan fingerprint density at radius 1 is 1.23 bits per heavy atom. The van der Waals surface area contributed by atoms with Crippen molar-refractivity contribution in [1.29, 1.82) is 0 Å². The monoisotopic (exact) mass is 371 g/mol. The van der Waals surface area contributed by atoms with E-state index >= 15 is 0 Å². The van der Waals surface area contributed by atoms with Crippen molar-refractivity contribution in [2.75, 3.05) is 19.4 Å². The van der Waals surface area contributed by atoms with Gasteiger partial charge >= 0.3 is 0 Å². The molecule has 0 saturated carbocycles. The van der Waals surface area contributed by atoms with Crippen LogP contribution in [0.2, 0.25) is 5.02 Å². The largest absolute Gasteiger partial charge is 0.357 e. The minimum absolute atomic E-state index is 0.0806. The lowest BCUT2D eigenvalue weighted by atomic mass is 10.1. The highest BCUT2D eigenvalue weighted by Crippen LogP contribution is 2.22. The fourth-order valence-corrected chi connectivity index (χ4v) is 2.45. The molecule has 134 valence electrons. The average Bonchev–Trinajstić information content (AvgIpc) is 3.25. The number of nitrogens with zero attached hydrogens (tertiary/aromatic N) is 3. The zero-order valence-electron chi connectivity index (χ0n) is 14.4. The number of aromatic amines is 1. The molecule has 0 aliphatic rings. The second kappa shape index (κ2) is 7.45. The quantitative estimate of drug-likeness (QED) is 0.723. The summed E-state index contributed by atoms with van der Waals surface area (Å²) in [6, 6.07) is 9.14. The number of carbonyl (C=O) groups is 2. The summed E-state index contributed by atoms with van der Waals surface area (Å²) in [4.78, 5) is 28.5. The minimum atomic E-state index is -0.288. The molecule has 0 radical (unpaired) electrons. The number of amides is 2. The van der Waals surface area contributed by atoms with Crippen molar-refractivity contribution in [3.8, 4) is 11.1 Å². The van der Waals surface area contributed by atoms with E-state index in [2.05, 4.69) is 15.4 Å². The van der Waals surface area contributed by atoms with Gasteiger partial charge in [0.25, 0.3) is 5.91 Å². The Morgan fingerprint density at radius 3 is 2.65 bits per heavy atom. The van der Waals surface area contributed by atoms with Crippen LogP contribution in [0.25, 0.3) is 11.1 Å². The molecule has 0 aliphatic carbocycles. The molecular formula is C18H18ClN5O2. The molecule has 26 heavy (non-hydrogen) atoms. The van der Waals surface area contributed by atoms with Gasteiger partial charge in [-0.2, -0.15) is 5.10 Å². The van der Waals surface area contributed by atoms with Crippen LogP contribution in [0.1, 0.15) is 10.5 Å². The summed E-state index contributed by atoms with van der Waals surface area (Å²) in [5, 5.41) is 7.49. The zero-order chi connectivity index (χ0) is 18.7. The van der Waals surface area contributed by atoms with E-state index in [-0.39, 0.29) is 18.4 Å². The van der Waals surface area contributed by atoms with Gasteiger partial charge in [-0.05, 0) is 29.3 Å². The van der Waals surface area contributed by atoms with E-state index in [1.807, 2.05) is 12.1 Å². The molecule has 3 rings (SSSR count). The first-order chi connectivity index (χ1) is 12.4. The maximum absolute atomic E-state index is 12.4. The van der Waals surface area contributed by atoms with Crippen LogP contribution in [0.4, 0.5) is 5.69 Å². The van der Waals surface area contributed by atoms with Gasteiger partial charge in [0.1, 0.15) is 12.2 Å². The maximum Gasteiger partial charge on any atom is 0.272 e. The summed E-state index contributed by atoms with van der Waals surface area (Å²) in [6.07, 6.45) is 4.88. The van der Waals surface area contributed by atoms with Crippen LogP contribution in [0, 0.1) is 0 Å². The van der Waals surface area contributed by atoms with E-state index < -0.39 is 0 Å². The lowest BCUT2D eigenvalue weighted by Gasteiger charge is -2.09. The molecule has 2 N–H and O–H groups in total. The van der Waals surface area contributed by atoms with Crippen LogP contribution in [0.15, 0.2) is 48.9 Å². The molecule has 8 heteroatoms. The van der Waals surface area contributed by atoms with Gasteiger partial charge in [0.15, 0.2) is 0 Å². The smallest absolute Gasteiger partial charge is 0.272 e. The fourth-order valence-electron chi connectivity index (χ4n) is 2.33. The molecule has 0 aliphatic heterocycles. The lowest BCUT2D eigenvalue weighted by Crippen LogP contribution is -2.26. The number of H-pyrrole nitrogens is 1. The number of hydrogen-bond acceptors (Lipinski definition) is 3. The molecular weight excluding hydrogens is 354 g/mol. The summed E-state index contributed by atoms with van der Waals surface area (Å²) in [6.45, 7) is 0.117. The third kappa shape index (κ3) is 4.12. The molecule has 0 saturated heterocycles. The Labute approximate surface area is 155 Å². The average molecular weight is 372 g/mol. The Bertz CT molecular complexity index is 927. The van der Waals surface area contributed by atoms with E-state index in [4.69, 9.17) is 11.6 Å². The second-order valence-corrected chi connectivity index (χ2v) is 6.41. The van der Waals surface area contributed by atoms with Crippen molar-refractivity contribution >= 4 is 29.1 Å². The van der Waals surface area contributed by atoms with Crippen molar-refractivity contribution < 1.29 is 9.59 Å². The summed E-state index contributed by atoms with van der Waals surface area (Å²) >= 11 is 5.89. The van der Waals surface area contributed by atoms with Crippen LogP contribution >= 0.6 is 11.6 Å². The second-order valence-electron chi connectivity index (χ2n) is 5.98. The highest BCUT2D eigenvalue weighted by atomic mass is 35.5. The Morgan fingerprint density at radius 2 is 1.96 bits per heavy atom. The SMILES string of the molecule is CN(C)C(=O)Cn1cc(NC(=O)c2cc(-c3ccc(Cl)cc3)c[nH]2)cn1. The molecule has 0 spiro atoms. The fraction of sp³-hybridized carbons (Fsp3) is 0.167. The van der Waals surface area contributed by atoms with E-state index in [9.17, 15) is 9.59 Å². The van der Waals surface area contributed by atoms with E-state index in [1.54, 1.807) is 44.7 Å². The number of benzene rings is 1. The molecule has 0 atom stereocenters. The molecule has 0 unspecified atom stereocenters. The van der Waals surface area contributed by atoms with Gasteiger partial charge in [-0.1, -0.05) is 23.7 Å². The number of rotatable bonds is 5. The highest BCUT2D eigenvalue weighted by Gasteiger charge is 2.12. The van der Waals surface area contributed by atoms with Gasteiger partial charge < -0.3 is 15.2 Å². The standard InChI is InChI=1S/C18H18ClN5O2/c1-23(2)17(25)11-24-10-15(9-21-24)22-18(26)16-7-13(8-20-16)12-3-5-14(19)6-4-12/h3-10,20H,11H2,1-2H3,(H,22,26). The molecule has 2 aromatic heterocycles. The van der Waals surface area contributed by atoms with Gasteiger partial charge in [-0.25, -0.2) is 0 Å². The molecule has 7 nitrogen and oxygen atoms in total. The molecule has 0 fully saturated rings. The lowest BCUT2D eigenvalue weighted by molar-refractivity contribution is -0.129. The molecule has 1 aromatic carbocycles. The number of anilines is 1. The first kappa shape index (κ1) is 17.8. The molecule has 3 aromatic rings. The van der Waals surface area contributed by atoms with E-state index in [0.717, 1.165) is 11.1 Å². The van der Waals surface area contributed by atoms with Crippen LogP contribution in [-0.2, 0) is 11.3 Å². The molecule has 2 heterocycles. The Balaban J connectivity index is 1.66. The van der Waals surface area contributed by atoms with Crippen molar-refractivity contribution in [3.63, 3.8) is 0 Å². The van der Waals surface area contributed by atoms with Crippen molar-refractivity contribution in [1.82, 2.24) is 19.7 Å². The van der Waals surface area contributed by atoms with Gasteiger partial charge in [0, 0.05) is 31.5 Å². The van der Waals surface area contributed by atoms with Crippen LogP contribution in [0.3, 0.4) is 0 Å². The van der Waals surface area contributed by atoms with Crippen LogP contribution in [-0.4, -0.2) is 45.6 Å². The Kier molecular flexibility index (Phi) is 5.09. The normalized spacial score (nSPS) is 10.6. The Hall–Kier alpha value is -3.06. The third-order valence-electron chi connectivity index (χ3n) is 3.79. The number of likely N-dealkylation sites (N-methyl/N-ethyl adjacent to an activating group) is 1. The highest BCUT2D eigenvalue weighted by molar-refractivity contribution is 6.30. The first-order valence-corrected chi connectivity index (χ1v) is 8.28. The predicted octanol–water partition coefficient (Wildman–Crippen LogP) is 2.87. The zero-order valence-corrected chi connectivity index (χ0v) is 15.1. The number of carbonyl (C=O) groups excluding carboxylic acids is 2. The summed E-state index contributed by atoms with van der Waals surface area (Å²) in [5.41, 5.74) is 2.79. The molecule has 2 amide bonds. The maximum atomic E-state index is 12.4. The minimum Gasteiger partial charge on any atom is -0.357 e. The summed E-state index contributed by atoms with van der Waals surface area (Å²) in [7, 11) is 3.36. The van der Waals surface area contributed by atoms with Crippen molar-refractivity contribution in [2.45, 2.75) is 6.54 Å². The topological polar surface area (TPSA) is 83.0 Å². The number of hydrogen-bond donors (Lipinski definition) is 2. The van der Waals surface area contributed by atoms with Crippen LogP contribution in [0.5, 0.6) is 0 Å². The summed E-state index contributed by atoms with van der Waals surface area (Å²) in [5.74, 6) is -0.369. The van der Waals surface area contributed by atoms with Gasteiger partial charge in [0.05, 0.1) is 11.9 Å². The first-order valence-electron chi connectivity index (χ1n) is 7.90.